The number of amides is 2. The molecule has 2 fully saturated rings. The molecule has 1 aromatic rings. The summed E-state index contributed by atoms with van der Waals surface area (Å²) in [5.74, 6) is 0.916. The predicted octanol–water partition coefficient (Wildman–Crippen LogP) is 1.91. The van der Waals surface area contributed by atoms with Gasteiger partial charge < -0.3 is 14.7 Å². The molecule has 2 aliphatic rings. The number of aromatic nitrogens is 1. The predicted molar refractivity (Wildman–Crippen MR) is 97.3 cm³/mol. The van der Waals surface area contributed by atoms with Crippen molar-refractivity contribution >= 4 is 17.6 Å². The summed E-state index contributed by atoms with van der Waals surface area (Å²) in [6.45, 7) is 5.75. The zero-order valence-corrected chi connectivity index (χ0v) is 15.1. The highest BCUT2D eigenvalue weighted by Gasteiger charge is 2.29. The molecule has 2 amide bonds. The standard InChI is InChI=1S/C19H28N4O2/c1-2-16-7-4-6-10-23(16)19(25)15-18(24)22-13-11-21(12-14-22)17-8-3-5-9-20-17/h3,5,8-9,16H,2,4,6-7,10-15H2,1H3. The average Bonchev–Trinajstić information content (AvgIpc) is 2.68. The molecule has 0 N–H and O–H groups in total. The van der Waals surface area contributed by atoms with E-state index in [4.69, 9.17) is 0 Å². The highest BCUT2D eigenvalue weighted by Crippen LogP contribution is 2.21. The molecule has 0 spiro atoms. The molecule has 1 atom stereocenters. The van der Waals surface area contributed by atoms with Crippen LogP contribution < -0.4 is 4.90 Å². The molecule has 0 radical (unpaired) electrons. The molecule has 0 bridgehead atoms. The van der Waals surface area contributed by atoms with Gasteiger partial charge in [0, 0.05) is 45.0 Å². The van der Waals surface area contributed by atoms with Gasteiger partial charge in [0.1, 0.15) is 12.2 Å². The van der Waals surface area contributed by atoms with Crippen LogP contribution in [0.25, 0.3) is 0 Å². The lowest BCUT2D eigenvalue weighted by Gasteiger charge is -2.37. The van der Waals surface area contributed by atoms with Crippen molar-refractivity contribution in [3.05, 3.63) is 24.4 Å². The molecule has 25 heavy (non-hydrogen) atoms. The van der Waals surface area contributed by atoms with Crippen molar-refractivity contribution < 1.29 is 9.59 Å². The van der Waals surface area contributed by atoms with E-state index in [1.54, 1.807) is 6.20 Å². The molecule has 0 aromatic carbocycles. The van der Waals surface area contributed by atoms with Gasteiger partial charge in [0.2, 0.25) is 11.8 Å². The molecular formula is C19H28N4O2. The van der Waals surface area contributed by atoms with E-state index in [0.717, 1.165) is 44.7 Å². The van der Waals surface area contributed by atoms with Gasteiger partial charge in [-0.3, -0.25) is 9.59 Å². The van der Waals surface area contributed by atoms with E-state index < -0.39 is 0 Å². The van der Waals surface area contributed by atoms with Crippen LogP contribution in [0.2, 0.25) is 0 Å². The third kappa shape index (κ3) is 4.30. The van der Waals surface area contributed by atoms with Crippen LogP contribution in [0.5, 0.6) is 0 Å². The van der Waals surface area contributed by atoms with Crippen molar-refractivity contribution in [3.8, 4) is 0 Å². The Balaban J connectivity index is 1.50. The first kappa shape index (κ1) is 17.7. The number of carbonyl (C=O) groups is 2. The van der Waals surface area contributed by atoms with Gasteiger partial charge in [-0.25, -0.2) is 4.98 Å². The molecule has 2 saturated heterocycles. The zero-order chi connectivity index (χ0) is 17.6. The van der Waals surface area contributed by atoms with Crippen LogP contribution in [0.15, 0.2) is 24.4 Å². The summed E-state index contributed by atoms with van der Waals surface area (Å²) in [5, 5.41) is 0. The van der Waals surface area contributed by atoms with E-state index in [0.29, 0.717) is 19.1 Å². The third-order valence-electron chi connectivity index (χ3n) is 5.33. The first-order valence-electron chi connectivity index (χ1n) is 9.42. The molecular weight excluding hydrogens is 316 g/mol. The summed E-state index contributed by atoms with van der Waals surface area (Å²) in [6, 6.07) is 6.18. The SMILES string of the molecule is CCC1CCCCN1C(=O)CC(=O)N1CCN(c2ccccn2)CC1. The fraction of sp³-hybridized carbons (Fsp3) is 0.632. The minimum absolute atomic E-state index is 0.00343. The Morgan fingerprint density at radius 2 is 1.88 bits per heavy atom. The number of hydrogen-bond donors (Lipinski definition) is 0. The van der Waals surface area contributed by atoms with E-state index in [-0.39, 0.29) is 18.2 Å². The first-order valence-corrected chi connectivity index (χ1v) is 9.42. The Bertz CT molecular complexity index is 584. The molecule has 136 valence electrons. The maximum absolute atomic E-state index is 12.6. The Morgan fingerprint density at radius 1 is 1.08 bits per heavy atom. The number of nitrogens with zero attached hydrogens (tertiary/aromatic N) is 4. The van der Waals surface area contributed by atoms with Gasteiger partial charge in [-0.1, -0.05) is 13.0 Å². The molecule has 1 unspecified atom stereocenters. The van der Waals surface area contributed by atoms with Crippen LogP contribution >= 0.6 is 0 Å². The summed E-state index contributed by atoms with van der Waals surface area (Å²) in [5.41, 5.74) is 0. The Kier molecular flexibility index (Phi) is 5.89. The summed E-state index contributed by atoms with van der Waals surface area (Å²) in [7, 11) is 0. The molecule has 3 rings (SSSR count). The lowest BCUT2D eigenvalue weighted by Crippen LogP contribution is -2.51. The first-order chi connectivity index (χ1) is 12.2. The van der Waals surface area contributed by atoms with Crippen molar-refractivity contribution in [2.24, 2.45) is 0 Å². The highest BCUT2D eigenvalue weighted by molar-refractivity contribution is 5.97. The number of piperazine rings is 1. The normalized spacial score (nSPS) is 21.3. The number of hydrogen-bond acceptors (Lipinski definition) is 4. The van der Waals surface area contributed by atoms with E-state index in [1.165, 1.54) is 6.42 Å². The van der Waals surface area contributed by atoms with Crippen LogP contribution in [-0.2, 0) is 9.59 Å². The van der Waals surface area contributed by atoms with Crippen molar-refractivity contribution in [1.82, 2.24) is 14.8 Å². The van der Waals surface area contributed by atoms with Crippen LogP contribution in [-0.4, -0.2) is 65.4 Å². The number of pyridine rings is 1. The summed E-state index contributed by atoms with van der Waals surface area (Å²) >= 11 is 0. The summed E-state index contributed by atoms with van der Waals surface area (Å²) in [6.07, 6.45) is 6.08. The number of carbonyl (C=O) groups excluding carboxylic acids is 2. The number of rotatable bonds is 4. The average molecular weight is 344 g/mol. The quantitative estimate of drug-likeness (QED) is 0.783. The molecule has 0 saturated carbocycles. The minimum Gasteiger partial charge on any atom is -0.353 e. The Labute approximate surface area is 149 Å². The summed E-state index contributed by atoms with van der Waals surface area (Å²) in [4.78, 5) is 35.4. The van der Waals surface area contributed by atoms with E-state index in [1.807, 2.05) is 28.0 Å². The maximum Gasteiger partial charge on any atom is 0.232 e. The number of anilines is 1. The van der Waals surface area contributed by atoms with E-state index in [2.05, 4.69) is 16.8 Å². The van der Waals surface area contributed by atoms with Crippen LogP contribution in [0.1, 0.15) is 39.0 Å². The van der Waals surface area contributed by atoms with Gasteiger partial charge in [0.25, 0.3) is 0 Å². The molecule has 3 heterocycles. The second kappa shape index (κ2) is 8.32. The van der Waals surface area contributed by atoms with Gasteiger partial charge in [0.15, 0.2) is 0 Å². The molecule has 6 nitrogen and oxygen atoms in total. The monoisotopic (exact) mass is 344 g/mol. The Hall–Kier alpha value is -2.11. The van der Waals surface area contributed by atoms with Gasteiger partial charge >= 0.3 is 0 Å². The molecule has 1 aromatic heterocycles. The second-order valence-electron chi connectivity index (χ2n) is 6.88. The molecule has 6 heteroatoms. The lowest BCUT2D eigenvalue weighted by molar-refractivity contribution is -0.143. The van der Waals surface area contributed by atoms with Crippen molar-refractivity contribution in [1.29, 1.82) is 0 Å². The topological polar surface area (TPSA) is 56.8 Å². The fourth-order valence-electron chi connectivity index (χ4n) is 3.82. The minimum atomic E-state index is -0.0360. The van der Waals surface area contributed by atoms with E-state index in [9.17, 15) is 9.59 Å². The molecule has 0 aliphatic carbocycles. The zero-order valence-electron chi connectivity index (χ0n) is 15.1. The van der Waals surface area contributed by atoms with Crippen LogP contribution in [0.3, 0.4) is 0 Å². The number of likely N-dealkylation sites (tertiary alicyclic amines) is 1. The van der Waals surface area contributed by atoms with Gasteiger partial charge in [0.05, 0.1) is 0 Å². The molecule has 2 aliphatic heterocycles. The van der Waals surface area contributed by atoms with Gasteiger partial charge in [-0.05, 0) is 37.8 Å². The largest absolute Gasteiger partial charge is 0.353 e. The van der Waals surface area contributed by atoms with Crippen molar-refractivity contribution in [2.75, 3.05) is 37.6 Å². The van der Waals surface area contributed by atoms with Crippen molar-refractivity contribution in [2.45, 2.75) is 45.1 Å². The smallest absolute Gasteiger partial charge is 0.232 e. The van der Waals surface area contributed by atoms with Crippen LogP contribution in [0.4, 0.5) is 5.82 Å². The maximum atomic E-state index is 12.6. The van der Waals surface area contributed by atoms with Gasteiger partial charge in [-0.15, -0.1) is 0 Å². The third-order valence-corrected chi connectivity index (χ3v) is 5.33. The van der Waals surface area contributed by atoms with E-state index >= 15 is 0 Å². The fourth-order valence-corrected chi connectivity index (χ4v) is 3.82. The van der Waals surface area contributed by atoms with Crippen LogP contribution in [0, 0.1) is 0 Å². The number of piperidine rings is 1. The van der Waals surface area contributed by atoms with Crippen molar-refractivity contribution in [3.63, 3.8) is 0 Å². The highest BCUT2D eigenvalue weighted by atomic mass is 16.2. The Morgan fingerprint density at radius 3 is 2.56 bits per heavy atom. The lowest BCUT2D eigenvalue weighted by atomic mass is 9.99. The summed E-state index contributed by atoms with van der Waals surface area (Å²) < 4.78 is 0. The second-order valence-corrected chi connectivity index (χ2v) is 6.88. The van der Waals surface area contributed by atoms with Gasteiger partial charge in [-0.2, -0.15) is 0 Å².